The Morgan fingerprint density at radius 1 is 1.12 bits per heavy atom. The summed E-state index contributed by atoms with van der Waals surface area (Å²) in [5.41, 5.74) is 1.45. The van der Waals surface area contributed by atoms with Crippen molar-refractivity contribution in [1.82, 2.24) is 20.2 Å². The highest BCUT2D eigenvalue weighted by molar-refractivity contribution is 5.95. The molecule has 2 heterocycles. The molecule has 1 aliphatic heterocycles. The number of urea groups is 1. The van der Waals surface area contributed by atoms with Gasteiger partial charge in [0.25, 0.3) is 5.56 Å². The Labute approximate surface area is 183 Å². The van der Waals surface area contributed by atoms with Gasteiger partial charge >= 0.3 is 12.0 Å². The Kier molecular flexibility index (Phi) is 5.89. The van der Waals surface area contributed by atoms with Gasteiger partial charge in [-0.05, 0) is 36.8 Å². The topological polar surface area (TPSA) is 112 Å². The highest BCUT2D eigenvalue weighted by atomic mass is 16.5. The summed E-state index contributed by atoms with van der Waals surface area (Å²) in [7, 11) is 1.55. The van der Waals surface area contributed by atoms with Crippen molar-refractivity contribution in [2.45, 2.75) is 19.5 Å². The number of para-hydroxylation sites is 1. The van der Waals surface area contributed by atoms with E-state index < -0.39 is 18.0 Å². The van der Waals surface area contributed by atoms with Gasteiger partial charge < -0.3 is 20.1 Å². The lowest BCUT2D eigenvalue weighted by atomic mass is 9.95. The third kappa shape index (κ3) is 4.04. The second kappa shape index (κ2) is 8.93. The van der Waals surface area contributed by atoms with Crippen molar-refractivity contribution < 1.29 is 19.1 Å². The highest BCUT2D eigenvalue weighted by Crippen LogP contribution is 2.29. The number of nitrogens with zero attached hydrogens (tertiary/aromatic N) is 2. The maximum atomic E-state index is 12.9. The van der Waals surface area contributed by atoms with Crippen molar-refractivity contribution in [2.75, 3.05) is 13.7 Å². The molecular formula is C23H22N4O5. The fraction of sp³-hybridized carbons (Fsp3) is 0.217. The number of carbonyl (C=O) groups is 2. The number of esters is 1. The first-order chi connectivity index (χ1) is 15.5. The van der Waals surface area contributed by atoms with Gasteiger partial charge in [-0.25, -0.2) is 14.6 Å². The molecule has 1 aliphatic rings. The monoisotopic (exact) mass is 434 g/mol. The van der Waals surface area contributed by atoms with Crippen molar-refractivity contribution in [3.05, 3.63) is 82.0 Å². The van der Waals surface area contributed by atoms with Crippen molar-refractivity contribution in [3.8, 4) is 5.75 Å². The molecule has 0 fully saturated rings. The van der Waals surface area contributed by atoms with Crippen molar-refractivity contribution in [2.24, 2.45) is 0 Å². The van der Waals surface area contributed by atoms with E-state index in [1.54, 1.807) is 62.6 Å². The largest absolute Gasteiger partial charge is 0.497 e. The fourth-order valence-electron chi connectivity index (χ4n) is 3.63. The molecule has 9 heteroatoms. The molecule has 0 radical (unpaired) electrons. The first-order valence-electron chi connectivity index (χ1n) is 10.1. The smallest absolute Gasteiger partial charge is 0.338 e. The predicted molar refractivity (Wildman–Crippen MR) is 117 cm³/mol. The zero-order chi connectivity index (χ0) is 22.7. The van der Waals surface area contributed by atoms with Crippen molar-refractivity contribution in [3.63, 3.8) is 0 Å². The lowest BCUT2D eigenvalue weighted by molar-refractivity contribution is -0.139. The second-order valence-electron chi connectivity index (χ2n) is 7.11. The number of allylic oxidation sites excluding steroid dienone is 1. The summed E-state index contributed by atoms with van der Waals surface area (Å²) in [6.45, 7) is 1.81. The molecule has 2 N–H and O–H groups in total. The number of carbonyl (C=O) groups excluding carboxylic acids is 2. The molecule has 164 valence electrons. The van der Waals surface area contributed by atoms with E-state index in [-0.39, 0.29) is 30.0 Å². The Morgan fingerprint density at radius 2 is 1.88 bits per heavy atom. The van der Waals surface area contributed by atoms with Gasteiger partial charge in [0.05, 0.1) is 54.8 Å². The van der Waals surface area contributed by atoms with Crippen LogP contribution in [0.2, 0.25) is 0 Å². The van der Waals surface area contributed by atoms with Gasteiger partial charge in [-0.1, -0.05) is 24.3 Å². The summed E-state index contributed by atoms with van der Waals surface area (Å²) < 4.78 is 11.8. The minimum absolute atomic E-state index is 0.0507. The zero-order valence-electron chi connectivity index (χ0n) is 17.6. The van der Waals surface area contributed by atoms with E-state index in [2.05, 4.69) is 15.6 Å². The Morgan fingerprint density at radius 3 is 2.59 bits per heavy atom. The van der Waals surface area contributed by atoms with Crippen LogP contribution in [0.4, 0.5) is 4.79 Å². The molecular weight excluding hydrogens is 412 g/mol. The molecule has 1 aromatic heterocycles. The number of hydrogen-bond acceptors (Lipinski definition) is 6. The molecule has 2 aromatic carbocycles. The number of ether oxygens (including phenoxy) is 2. The average molecular weight is 434 g/mol. The van der Waals surface area contributed by atoms with E-state index >= 15 is 0 Å². The third-order valence-corrected chi connectivity index (χ3v) is 5.16. The van der Waals surface area contributed by atoms with Gasteiger partial charge in [-0.15, -0.1) is 0 Å². The van der Waals surface area contributed by atoms with Crippen LogP contribution < -0.4 is 20.9 Å². The number of aromatic nitrogens is 2. The lowest BCUT2D eigenvalue weighted by Gasteiger charge is -2.29. The number of rotatable bonds is 6. The third-order valence-electron chi connectivity index (χ3n) is 5.16. The molecule has 9 nitrogen and oxygen atoms in total. The van der Waals surface area contributed by atoms with E-state index in [0.717, 1.165) is 0 Å². The van der Waals surface area contributed by atoms with Gasteiger partial charge in [0.15, 0.2) is 0 Å². The normalized spacial score (nSPS) is 15.8. The standard InChI is InChI=1S/C23H22N4O5/c1-3-32-22(29)19-18(12-27-13-24-17-7-5-4-6-16(17)21(27)28)25-23(30)26-20(19)14-8-10-15(31-2)11-9-14/h4-11,13,20H,3,12H2,1-2H3,(H2,25,26,30)/t20-/m1/s1. The summed E-state index contributed by atoms with van der Waals surface area (Å²) in [5, 5.41) is 5.88. The molecule has 0 spiro atoms. The molecule has 0 saturated carbocycles. The summed E-state index contributed by atoms with van der Waals surface area (Å²) in [6, 6.07) is 12.7. The van der Waals surface area contributed by atoms with Crippen molar-refractivity contribution >= 4 is 22.9 Å². The molecule has 4 rings (SSSR count). The first kappa shape index (κ1) is 21.1. The van der Waals surface area contributed by atoms with Crippen LogP contribution >= 0.6 is 0 Å². The van der Waals surface area contributed by atoms with Crippen molar-refractivity contribution in [1.29, 1.82) is 0 Å². The fourth-order valence-corrected chi connectivity index (χ4v) is 3.63. The van der Waals surface area contributed by atoms with Crippen LogP contribution in [-0.2, 0) is 16.1 Å². The maximum Gasteiger partial charge on any atom is 0.338 e. The number of amides is 2. The average Bonchev–Trinajstić information content (AvgIpc) is 2.81. The van der Waals surface area contributed by atoms with Gasteiger partial charge in [-0.3, -0.25) is 9.36 Å². The molecule has 32 heavy (non-hydrogen) atoms. The van der Waals surface area contributed by atoms with Gasteiger partial charge in [0, 0.05) is 0 Å². The van der Waals surface area contributed by atoms with Crippen LogP contribution in [0.25, 0.3) is 10.9 Å². The van der Waals surface area contributed by atoms with Gasteiger partial charge in [-0.2, -0.15) is 0 Å². The van der Waals surface area contributed by atoms with E-state index in [1.165, 1.54) is 10.9 Å². The van der Waals surface area contributed by atoms with Crippen LogP contribution in [-0.4, -0.2) is 35.3 Å². The van der Waals surface area contributed by atoms with Gasteiger partial charge in [0.2, 0.25) is 0 Å². The van der Waals surface area contributed by atoms with Crippen LogP contribution in [0.15, 0.2) is 70.9 Å². The summed E-state index contributed by atoms with van der Waals surface area (Å²) in [6.07, 6.45) is 1.40. The predicted octanol–water partition coefficient (Wildman–Crippen LogP) is 2.28. The molecule has 3 aromatic rings. The number of methoxy groups -OCH3 is 1. The molecule has 2 amide bonds. The first-order valence-corrected chi connectivity index (χ1v) is 10.1. The minimum atomic E-state index is -0.757. The van der Waals surface area contributed by atoms with Gasteiger partial charge in [0.1, 0.15) is 5.75 Å². The zero-order valence-corrected chi connectivity index (χ0v) is 17.6. The van der Waals surface area contributed by atoms with Crippen LogP contribution in [0.3, 0.4) is 0 Å². The van der Waals surface area contributed by atoms with Crippen LogP contribution in [0.5, 0.6) is 5.75 Å². The number of fused-ring (bicyclic) bond motifs is 1. The molecule has 0 bridgehead atoms. The Balaban J connectivity index is 1.81. The second-order valence-corrected chi connectivity index (χ2v) is 7.11. The lowest BCUT2D eigenvalue weighted by Crippen LogP contribution is -2.47. The Hall–Kier alpha value is -4.14. The molecule has 0 aliphatic carbocycles. The van der Waals surface area contributed by atoms with E-state index in [1.807, 2.05) is 0 Å². The maximum absolute atomic E-state index is 12.9. The minimum Gasteiger partial charge on any atom is -0.497 e. The molecule has 1 atom stereocenters. The number of benzene rings is 2. The van der Waals surface area contributed by atoms with E-state index in [9.17, 15) is 14.4 Å². The van der Waals surface area contributed by atoms with E-state index in [4.69, 9.17) is 9.47 Å². The van der Waals surface area contributed by atoms with Crippen LogP contribution in [0.1, 0.15) is 18.5 Å². The summed E-state index contributed by atoms with van der Waals surface area (Å²) >= 11 is 0. The quantitative estimate of drug-likeness (QED) is 0.576. The highest BCUT2D eigenvalue weighted by Gasteiger charge is 2.34. The number of hydrogen-bond donors (Lipinski definition) is 2. The van der Waals surface area contributed by atoms with E-state index in [0.29, 0.717) is 22.2 Å². The SMILES string of the molecule is CCOC(=O)C1=C(Cn2cnc3ccccc3c2=O)NC(=O)N[C@@H]1c1ccc(OC)cc1. The Bertz CT molecular complexity index is 1260. The summed E-state index contributed by atoms with van der Waals surface area (Å²) in [4.78, 5) is 42.6. The number of nitrogens with one attached hydrogen (secondary N) is 2. The molecule has 0 unspecified atom stereocenters. The molecule has 0 saturated heterocycles. The summed E-state index contributed by atoms with van der Waals surface area (Å²) in [5.74, 6) is 0.0577. The van der Waals surface area contributed by atoms with Crippen LogP contribution in [0, 0.1) is 0 Å².